The second kappa shape index (κ2) is 6.32. The third-order valence-corrected chi connectivity index (χ3v) is 5.91. The zero-order valence-electron chi connectivity index (χ0n) is 16.0. The van der Waals surface area contributed by atoms with E-state index in [0.717, 1.165) is 42.8 Å². The van der Waals surface area contributed by atoms with E-state index in [2.05, 4.69) is 18.7 Å². The number of aryl methyl sites for hydroxylation is 1. The van der Waals surface area contributed by atoms with Crippen molar-refractivity contribution in [2.75, 3.05) is 18.0 Å². The fourth-order valence-electron chi connectivity index (χ4n) is 4.89. The van der Waals surface area contributed by atoms with Crippen molar-refractivity contribution in [2.24, 2.45) is 11.8 Å². The van der Waals surface area contributed by atoms with Crippen LogP contribution < -0.4 is 4.90 Å². The predicted molar refractivity (Wildman–Crippen MR) is 106 cm³/mol. The molecular weight excluding hydrogens is 339 g/mol. The van der Waals surface area contributed by atoms with Crippen LogP contribution in [-0.2, 0) is 12.8 Å². The normalized spacial score (nSPS) is 22.4. The third-order valence-electron chi connectivity index (χ3n) is 5.91. The maximum absolute atomic E-state index is 13.3. The molecule has 5 rings (SSSR count). The van der Waals surface area contributed by atoms with E-state index in [0.29, 0.717) is 11.8 Å². The van der Waals surface area contributed by atoms with E-state index in [1.54, 1.807) is 12.1 Å². The predicted octanol–water partition coefficient (Wildman–Crippen LogP) is 4.51. The maximum atomic E-state index is 13.3. The molecule has 0 amide bonds. The van der Waals surface area contributed by atoms with Gasteiger partial charge in [-0.25, -0.2) is 9.37 Å². The Labute approximate surface area is 159 Å². The monoisotopic (exact) mass is 364 g/mol. The highest BCUT2D eigenvalue weighted by Gasteiger charge is 2.29. The maximum Gasteiger partial charge on any atom is 0.158 e. The van der Waals surface area contributed by atoms with E-state index in [9.17, 15) is 4.39 Å². The fraction of sp³-hybridized carbons (Fsp3) is 0.455. The standard InChI is InChI=1S/C22H25FN4/c1-14-10-15(2)13-26(12-14)22-18-4-3-5-19(18)24-21-11-20(25-27(21)22)16-6-8-17(23)9-7-16/h6-9,11,14-15H,3-5,10,12-13H2,1-2H3/t14-,15-/m0/s1. The molecule has 3 aromatic rings. The summed E-state index contributed by atoms with van der Waals surface area (Å²) in [6, 6.07) is 8.58. The highest BCUT2D eigenvalue weighted by Crippen LogP contribution is 2.35. The van der Waals surface area contributed by atoms with Gasteiger partial charge in [0, 0.05) is 36.0 Å². The first-order valence-electron chi connectivity index (χ1n) is 10.0. The molecule has 4 nitrogen and oxygen atoms in total. The van der Waals surface area contributed by atoms with Crippen LogP contribution in [0.5, 0.6) is 0 Å². The zero-order valence-corrected chi connectivity index (χ0v) is 16.0. The van der Waals surface area contributed by atoms with Crippen LogP contribution in [0.2, 0.25) is 0 Å². The van der Waals surface area contributed by atoms with Gasteiger partial charge in [-0.15, -0.1) is 0 Å². The first-order valence-corrected chi connectivity index (χ1v) is 10.0. The molecule has 0 saturated carbocycles. The third kappa shape index (κ3) is 2.89. The Morgan fingerprint density at radius 2 is 1.78 bits per heavy atom. The minimum atomic E-state index is -0.225. The van der Waals surface area contributed by atoms with E-state index >= 15 is 0 Å². The van der Waals surface area contributed by atoms with E-state index in [1.165, 1.54) is 42.0 Å². The first-order chi connectivity index (χ1) is 13.1. The van der Waals surface area contributed by atoms with Crippen LogP contribution >= 0.6 is 0 Å². The highest BCUT2D eigenvalue weighted by molar-refractivity contribution is 5.67. The van der Waals surface area contributed by atoms with Gasteiger partial charge in [-0.05, 0) is 61.8 Å². The number of anilines is 1. The number of rotatable bonds is 2. The number of nitrogens with zero attached hydrogens (tertiary/aromatic N) is 4. The number of hydrogen-bond acceptors (Lipinski definition) is 3. The molecule has 0 unspecified atom stereocenters. The van der Waals surface area contributed by atoms with Gasteiger partial charge in [0.25, 0.3) is 0 Å². The lowest BCUT2D eigenvalue weighted by Gasteiger charge is -2.37. The zero-order chi connectivity index (χ0) is 18.5. The molecule has 3 heterocycles. The van der Waals surface area contributed by atoms with Crippen molar-refractivity contribution in [1.82, 2.24) is 14.6 Å². The van der Waals surface area contributed by atoms with Crippen LogP contribution in [0.25, 0.3) is 16.9 Å². The van der Waals surface area contributed by atoms with Gasteiger partial charge >= 0.3 is 0 Å². The molecule has 0 bridgehead atoms. The molecule has 27 heavy (non-hydrogen) atoms. The second-order valence-corrected chi connectivity index (χ2v) is 8.37. The lowest BCUT2D eigenvalue weighted by atomic mass is 9.91. The Morgan fingerprint density at radius 3 is 2.52 bits per heavy atom. The van der Waals surface area contributed by atoms with Crippen LogP contribution in [-0.4, -0.2) is 27.7 Å². The van der Waals surface area contributed by atoms with Crippen molar-refractivity contribution in [1.29, 1.82) is 0 Å². The molecule has 5 heteroatoms. The fourth-order valence-corrected chi connectivity index (χ4v) is 4.89. The van der Waals surface area contributed by atoms with Gasteiger partial charge in [-0.2, -0.15) is 9.61 Å². The molecule has 2 atom stereocenters. The number of halogens is 1. The molecule has 1 aliphatic carbocycles. The van der Waals surface area contributed by atoms with Crippen molar-refractivity contribution >= 4 is 11.5 Å². The van der Waals surface area contributed by atoms with Gasteiger partial charge in [0.2, 0.25) is 0 Å². The molecule has 2 aliphatic rings. The van der Waals surface area contributed by atoms with Crippen LogP contribution in [0, 0.1) is 17.7 Å². The van der Waals surface area contributed by atoms with E-state index in [-0.39, 0.29) is 5.82 Å². The van der Waals surface area contributed by atoms with Crippen molar-refractivity contribution in [3.8, 4) is 11.3 Å². The number of fused-ring (bicyclic) bond motifs is 2. The van der Waals surface area contributed by atoms with Crippen molar-refractivity contribution in [3.05, 3.63) is 47.4 Å². The number of benzene rings is 1. The summed E-state index contributed by atoms with van der Waals surface area (Å²) in [5.74, 6) is 2.37. The molecule has 0 spiro atoms. The van der Waals surface area contributed by atoms with E-state index in [1.807, 2.05) is 10.6 Å². The van der Waals surface area contributed by atoms with E-state index < -0.39 is 0 Å². The Bertz CT molecular complexity index is 982. The van der Waals surface area contributed by atoms with Crippen molar-refractivity contribution < 1.29 is 4.39 Å². The molecule has 1 aromatic carbocycles. The Balaban J connectivity index is 1.67. The van der Waals surface area contributed by atoms with Gasteiger partial charge in [-0.3, -0.25) is 0 Å². The van der Waals surface area contributed by atoms with Crippen LogP contribution in [0.3, 0.4) is 0 Å². The van der Waals surface area contributed by atoms with Gasteiger partial charge in [0.15, 0.2) is 5.65 Å². The van der Waals surface area contributed by atoms with Gasteiger partial charge in [0.1, 0.15) is 11.6 Å². The summed E-state index contributed by atoms with van der Waals surface area (Å²) in [7, 11) is 0. The molecule has 1 fully saturated rings. The lowest BCUT2D eigenvalue weighted by molar-refractivity contribution is 0.353. The summed E-state index contributed by atoms with van der Waals surface area (Å²) >= 11 is 0. The average molecular weight is 364 g/mol. The van der Waals surface area contributed by atoms with Crippen LogP contribution in [0.1, 0.15) is 37.9 Å². The van der Waals surface area contributed by atoms with E-state index in [4.69, 9.17) is 10.1 Å². The minimum Gasteiger partial charge on any atom is -0.356 e. The second-order valence-electron chi connectivity index (χ2n) is 8.37. The SMILES string of the molecule is C[C@H]1C[C@H](C)CN(c2c3c(nc4cc(-c5ccc(F)cc5)nn24)CCC3)C1. The topological polar surface area (TPSA) is 33.4 Å². The number of aromatic nitrogens is 3. The lowest BCUT2D eigenvalue weighted by Crippen LogP contribution is -2.40. The van der Waals surface area contributed by atoms with Crippen molar-refractivity contribution in [3.63, 3.8) is 0 Å². The Hall–Kier alpha value is -2.43. The number of piperidine rings is 1. The number of hydrogen-bond donors (Lipinski definition) is 0. The summed E-state index contributed by atoms with van der Waals surface area (Å²) in [5.41, 5.74) is 5.28. The average Bonchev–Trinajstić information content (AvgIpc) is 3.25. The Morgan fingerprint density at radius 1 is 1.04 bits per heavy atom. The smallest absolute Gasteiger partial charge is 0.158 e. The molecule has 0 radical (unpaired) electrons. The molecular formula is C22H25FN4. The van der Waals surface area contributed by atoms with Gasteiger partial charge < -0.3 is 4.90 Å². The van der Waals surface area contributed by atoms with Crippen LogP contribution in [0.15, 0.2) is 30.3 Å². The first kappa shape index (κ1) is 16.7. The minimum absolute atomic E-state index is 0.225. The van der Waals surface area contributed by atoms with Crippen LogP contribution in [0.4, 0.5) is 10.2 Å². The summed E-state index contributed by atoms with van der Waals surface area (Å²) in [6.07, 6.45) is 4.59. The molecule has 2 aromatic heterocycles. The Kier molecular flexibility index (Phi) is 3.92. The molecule has 0 N–H and O–H groups in total. The summed E-state index contributed by atoms with van der Waals surface area (Å²) in [4.78, 5) is 7.44. The largest absolute Gasteiger partial charge is 0.356 e. The molecule has 140 valence electrons. The summed E-state index contributed by atoms with van der Waals surface area (Å²) < 4.78 is 15.3. The summed E-state index contributed by atoms with van der Waals surface area (Å²) in [5, 5.41) is 4.91. The molecule has 1 aliphatic heterocycles. The highest BCUT2D eigenvalue weighted by atomic mass is 19.1. The quantitative estimate of drug-likeness (QED) is 0.671. The summed E-state index contributed by atoms with van der Waals surface area (Å²) in [6.45, 7) is 6.83. The van der Waals surface area contributed by atoms with Gasteiger partial charge in [0.05, 0.1) is 5.69 Å². The molecule has 1 saturated heterocycles. The van der Waals surface area contributed by atoms with Crippen molar-refractivity contribution in [2.45, 2.75) is 39.5 Å². The van der Waals surface area contributed by atoms with Gasteiger partial charge in [-0.1, -0.05) is 13.8 Å².